The molecule has 166 valence electrons. The van der Waals surface area contributed by atoms with Gasteiger partial charge in [-0.1, -0.05) is 0 Å². The van der Waals surface area contributed by atoms with Crippen LogP contribution in [0.25, 0.3) is 16.1 Å². The minimum Gasteiger partial charge on any atom is -0.379 e. The van der Waals surface area contributed by atoms with Crippen molar-refractivity contribution in [2.75, 3.05) is 37.9 Å². The first kappa shape index (κ1) is 21.1. The summed E-state index contributed by atoms with van der Waals surface area (Å²) >= 11 is 1.77. The van der Waals surface area contributed by atoms with Crippen molar-refractivity contribution in [3.05, 3.63) is 59.6 Å². The molecular formula is C22H23N5O3S2. The van der Waals surface area contributed by atoms with E-state index in [0.717, 1.165) is 54.6 Å². The highest BCUT2D eigenvalue weighted by molar-refractivity contribution is 7.90. The van der Waals surface area contributed by atoms with Gasteiger partial charge in [0, 0.05) is 53.1 Å². The first-order chi connectivity index (χ1) is 15.5. The summed E-state index contributed by atoms with van der Waals surface area (Å²) in [4.78, 5) is 9.83. The van der Waals surface area contributed by atoms with Crippen molar-refractivity contribution in [3.8, 4) is 10.4 Å². The van der Waals surface area contributed by atoms with Gasteiger partial charge >= 0.3 is 0 Å². The lowest BCUT2D eigenvalue weighted by Gasteiger charge is -2.25. The number of benzene rings is 1. The van der Waals surface area contributed by atoms with E-state index in [9.17, 15) is 8.42 Å². The molecule has 1 fully saturated rings. The van der Waals surface area contributed by atoms with Crippen molar-refractivity contribution in [2.45, 2.75) is 11.4 Å². The highest BCUT2D eigenvalue weighted by atomic mass is 32.2. The summed E-state index contributed by atoms with van der Waals surface area (Å²) in [5, 5.41) is 7.68. The van der Waals surface area contributed by atoms with Gasteiger partial charge in [0.25, 0.3) is 0 Å². The molecule has 1 saturated heterocycles. The molecule has 32 heavy (non-hydrogen) atoms. The zero-order valence-electron chi connectivity index (χ0n) is 17.6. The van der Waals surface area contributed by atoms with Gasteiger partial charge in [-0.2, -0.15) is 4.98 Å². The number of nitrogens with one attached hydrogen (secondary N) is 1. The lowest BCUT2D eigenvalue weighted by molar-refractivity contribution is 0.0346. The van der Waals surface area contributed by atoms with Crippen LogP contribution in [0, 0.1) is 0 Å². The highest BCUT2D eigenvalue weighted by Crippen LogP contribution is 2.32. The topological polar surface area (TPSA) is 88.8 Å². The zero-order valence-corrected chi connectivity index (χ0v) is 19.2. The highest BCUT2D eigenvalue weighted by Gasteiger charge is 2.15. The Balaban J connectivity index is 1.38. The molecule has 0 atom stereocenters. The Morgan fingerprint density at radius 1 is 1.09 bits per heavy atom. The van der Waals surface area contributed by atoms with Gasteiger partial charge in [-0.15, -0.1) is 16.4 Å². The van der Waals surface area contributed by atoms with Crippen LogP contribution in [-0.4, -0.2) is 60.5 Å². The third-order valence-corrected chi connectivity index (χ3v) is 7.54. The van der Waals surface area contributed by atoms with Crippen LogP contribution in [-0.2, 0) is 21.1 Å². The number of sulfone groups is 1. The Kier molecular flexibility index (Phi) is 5.68. The molecule has 0 spiro atoms. The largest absolute Gasteiger partial charge is 0.379 e. The molecule has 1 aliphatic rings. The summed E-state index contributed by atoms with van der Waals surface area (Å²) in [6.07, 6.45) is 3.06. The van der Waals surface area contributed by atoms with E-state index in [2.05, 4.69) is 38.5 Å². The van der Waals surface area contributed by atoms with Crippen molar-refractivity contribution in [1.82, 2.24) is 19.5 Å². The molecule has 0 amide bonds. The van der Waals surface area contributed by atoms with Gasteiger partial charge < -0.3 is 10.1 Å². The number of pyridine rings is 1. The SMILES string of the molecule is CS(=O)(=O)c1ccc(Nc2nc3c(-c4ccc(CN5CCOCC5)s4)cccn3n2)cc1. The average molecular weight is 470 g/mol. The summed E-state index contributed by atoms with van der Waals surface area (Å²) in [6, 6.07) is 14.9. The second-order valence-electron chi connectivity index (χ2n) is 7.70. The number of ether oxygens (including phenoxy) is 1. The van der Waals surface area contributed by atoms with Gasteiger partial charge in [0.1, 0.15) is 0 Å². The lowest BCUT2D eigenvalue weighted by atomic mass is 10.2. The predicted molar refractivity (Wildman–Crippen MR) is 125 cm³/mol. The molecule has 3 aromatic heterocycles. The molecule has 0 aliphatic carbocycles. The molecular weight excluding hydrogens is 446 g/mol. The monoisotopic (exact) mass is 469 g/mol. The van der Waals surface area contributed by atoms with E-state index in [1.165, 1.54) is 11.1 Å². The van der Waals surface area contributed by atoms with Crippen molar-refractivity contribution < 1.29 is 13.2 Å². The molecule has 8 nitrogen and oxygen atoms in total. The summed E-state index contributed by atoms with van der Waals surface area (Å²) in [5.74, 6) is 0.453. The number of hydrogen-bond donors (Lipinski definition) is 1. The van der Waals surface area contributed by atoms with Crippen LogP contribution in [0.4, 0.5) is 11.6 Å². The van der Waals surface area contributed by atoms with Crippen LogP contribution in [0.3, 0.4) is 0 Å². The van der Waals surface area contributed by atoms with Gasteiger partial charge in [0.2, 0.25) is 5.95 Å². The Hall–Kier alpha value is -2.79. The van der Waals surface area contributed by atoms with Crippen LogP contribution in [0.1, 0.15) is 4.88 Å². The Morgan fingerprint density at radius 3 is 2.62 bits per heavy atom. The van der Waals surface area contributed by atoms with Crippen molar-refractivity contribution >= 4 is 38.5 Å². The van der Waals surface area contributed by atoms with E-state index in [1.54, 1.807) is 40.1 Å². The maximum Gasteiger partial charge on any atom is 0.247 e. The average Bonchev–Trinajstić information content (AvgIpc) is 3.40. The molecule has 0 bridgehead atoms. The van der Waals surface area contributed by atoms with E-state index >= 15 is 0 Å². The smallest absolute Gasteiger partial charge is 0.247 e. The van der Waals surface area contributed by atoms with Crippen molar-refractivity contribution in [1.29, 1.82) is 0 Å². The number of fused-ring (bicyclic) bond motifs is 1. The number of aromatic nitrogens is 3. The number of hydrogen-bond acceptors (Lipinski definition) is 8. The fourth-order valence-corrected chi connectivity index (χ4v) is 5.35. The number of nitrogens with zero attached hydrogens (tertiary/aromatic N) is 4. The Bertz CT molecular complexity index is 1340. The first-order valence-corrected chi connectivity index (χ1v) is 13.0. The summed E-state index contributed by atoms with van der Waals surface area (Å²) in [5.41, 5.74) is 2.51. The zero-order chi connectivity index (χ0) is 22.1. The molecule has 1 N–H and O–H groups in total. The van der Waals surface area contributed by atoms with Crippen LogP contribution < -0.4 is 5.32 Å². The third kappa shape index (κ3) is 4.53. The normalized spacial score (nSPS) is 15.3. The second-order valence-corrected chi connectivity index (χ2v) is 10.9. The number of anilines is 2. The molecule has 0 radical (unpaired) electrons. The molecule has 0 saturated carbocycles. The standard InChI is InChI=1S/C22H23N5O3S2/c1-32(28,29)18-7-4-16(5-8-18)23-22-24-21-19(3-2-10-27(21)25-22)20-9-6-17(31-20)15-26-11-13-30-14-12-26/h2-10H,11-15H2,1H3,(H,23,25). The molecule has 4 heterocycles. The van der Waals surface area contributed by atoms with Gasteiger partial charge in [-0.05, 0) is 48.5 Å². The maximum atomic E-state index is 11.6. The van der Waals surface area contributed by atoms with E-state index in [-0.39, 0.29) is 4.90 Å². The molecule has 5 rings (SSSR count). The van der Waals surface area contributed by atoms with Gasteiger partial charge in [0.05, 0.1) is 18.1 Å². The van der Waals surface area contributed by atoms with Crippen LogP contribution in [0.15, 0.2) is 59.6 Å². The second kappa shape index (κ2) is 8.62. The fraction of sp³-hybridized carbons (Fsp3) is 0.273. The fourth-order valence-electron chi connectivity index (χ4n) is 3.65. The summed E-state index contributed by atoms with van der Waals surface area (Å²) in [6.45, 7) is 4.45. The van der Waals surface area contributed by atoms with E-state index in [4.69, 9.17) is 4.74 Å². The van der Waals surface area contributed by atoms with Crippen molar-refractivity contribution in [2.24, 2.45) is 0 Å². The molecule has 4 aromatic rings. The summed E-state index contributed by atoms with van der Waals surface area (Å²) < 4.78 is 30.5. The maximum absolute atomic E-state index is 11.6. The first-order valence-electron chi connectivity index (χ1n) is 10.3. The van der Waals surface area contributed by atoms with Gasteiger partial charge in [0.15, 0.2) is 15.5 Å². The van der Waals surface area contributed by atoms with Crippen LogP contribution >= 0.6 is 11.3 Å². The Morgan fingerprint density at radius 2 is 1.88 bits per heavy atom. The van der Waals surface area contributed by atoms with Crippen LogP contribution in [0.5, 0.6) is 0 Å². The summed E-state index contributed by atoms with van der Waals surface area (Å²) in [7, 11) is -3.23. The minimum atomic E-state index is -3.23. The lowest BCUT2D eigenvalue weighted by Crippen LogP contribution is -2.35. The van der Waals surface area contributed by atoms with Gasteiger partial charge in [-0.25, -0.2) is 12.9 Å². The third-order valence-electron chi connectivity index (χ3n) is 5.31. The molecule has 0 unspecified atom stereocenters. The Labute approximate surface area is 190 Å². The molecule has 10 heteroatoms. The van der Waals surface area contributed by atoms with E-state index in [1.807, 2.05) is 12.3 Å². The molecule has 1 aliphatic heterocycles. The van der Waals surface area contributed by atoms with E-state index in [0.29, 0.717) is 5.95 Å². The van der Waals surface area contributed by atoms with Gasteiger partial charge in [-0.3, -0.25) is 4.90 Å². The van der Waals surface area contributed by atoms with Crippen LogP contribution in [0.2, 0.25) is 0 Å². The van der Waals surface area contributed by atoms with E-state index < -0.39 is 9.84 Å². The number of thiophene rings is 1. The number of morpholine rings is 1. The predicted octanol–water partition coefficient (Wildman–Crippen LogP) is 3.44. The minimum absolute atomic E-state index is 0.277. The number of rotatable bonds is 6. The van der Waals surface area contributed by atoms with Crippen molar-refractivity contribution in [3.63, 3.8) is 0 Å². The quantitative estimate of drug-likeness (QED) is 0.463. The molecule has 1 aromatic carbocycles.